The molecule has 22 heavy (non-hydrogen) atoms. The minimum Gasteiger partial charge on any atom is -0.467 e. The molecule has 6 heteroatoms. The molecule has 1 heterocycles. The summed E-state index contributed by atoms with van der Waals surface area (Å²) in [6, 6.07) is 0. The molecule has 0 aromatic rings. The van der Waals surface area contributed by atoms with Crippen LogP contribution in [0.3, 0.4) is 0 Å². The third-order valence-corrected chi connectivity index (χ3v) is 3.48. The van der Waals surface area contributed by atoms with Gasteiger partial charge in [0.25, 0.3) is 0 Å². The van der Waals surface area contributed by atoms with Crippen LogP contribution in [0.15, 0.2) is 12.7 Å². The van der Waals surface area contributed by atoms with Crippen molar-refractivity contribution in [2.45, 2.75) is 51.2 Å². The van der Waals surface area contributed by atoms with Gasteiger partial charge in [0.15, 0.2) is 5.60 Å². The molecule has 0 aromatic carbocycles. The number of ether oxygens (including phenoxy) is 3. The lowest BCUT2D eigenvalue weighted by Crippen LogP contribution is -2.44. The Kier molecular flexibility index (Phi) is 6.41. The lowest BCUT2D eigenvalue weighted by molar-refractivity contribution is -0.170. The van der Waals surface area contributed by atoms with Crippen LogP contribution < -0.4 is 0 Å². The standard InChI is InChI=1S/C16H27NO5/c1-6-12-21-16(13(18)20-5)8-7-10-17(11-9-16)14(19)22-15(2,3)4/h6H,1,7-12H2,2-5H3. The largest absolute Gasteiger partial charge is 0.467 e. The van der Waals surface area contributed by atoms with Gasteiger partial charge in [-0.05, 0) is 33.6 Å². The summed E-state index contributed by atoms with van der Waals surface area (Å²) in [6.07, 6.45) is 2.77. The summed E-state index contributed by atoms with van der Waals surface area (Å²) < 4.78 is 16.0. The van der Waals surface area contributed by atoms with Crippen molar-refractivity contribution in [3.8, 4) is 0 Å². The number of carbonyl (C=O) groups is 2. The first kappa shape index (κ1) is 18.5. The number of amides is 1. The molecular weight excluding hydrogens is 286 g/mol. The van der Waals surface area contributed by atoms with Gasteiger partial charge in [-0.25, -0.2) is 9.59 Å². The molecule has 0 aliphatic carbocycles. The molecule has 6 nitrogen and oxygen atoms in total. The van der Waals surface area contributed by atoms with Gasteiger partial charge in [0.05, 0.1) is 13.7 Å². The molecule has 1 rings (SSSR count). The van der Waals surface area contributed by atoms with E-state index in [0.29, 0.717) is 32.4 Å². The topological polar surface area (TPSA) is 65.1 Å². The average molecular weight is 313 g/mol. The molecule has 0 aromatic heterocycles. The van der Waals surface area contributed by atoms with E-state index in [9.17, 15) is 9.59 Å². The highest BCUT2D eigenvalue weighted by molar-refractivity contribution is 5.79. The van der Waals surface area contributed by atoms with Crippen LogP contribution in [0.1, 0.15) is 40.0 Å². The highest BCUT2D eigenvalue weighted by atomic mass is 16.6. The quantitative estimate of drug-likeness (QED) is 0.589. The second kappa shape index (κ2) is 7.63. The van der Waals surface area contributed by atoms with Crippen LogP contribution >= 0.6 is 0 Å². The van der Waals surface area contributed by atoms with Gasteiger partial charge in [-0.1, -0.05) is 6.08 Å². The van der Waals surface area contributed by atoms with Crippen molar-refractivity contribution in [1.29, 1.82) is 0 Å². The maximum Gasteiger partial charge on any atom is 0.410 e. The Bertz CT molecular complexity index is 415. The van der Waals surface area contributed by atoms with Crippen molar-refractivity contribution in [2.24, 2.45) is 0 Å². The Labute approximate surface area is 132 Å². The number of methoxy groups -OCH3 is 1. The first-order chi connectivity index (χ1) is 10.2. The molecule has 0 spiro atoms. The fourth-order valence-electron chi connectivity index (χ4n) is 2.43. The van der Waals surface area contributed by atoms with E-state index in [-0.39, 0.29) is 12.7 Å². The van der Waals surface area contributed by atoms with E-state index in [2.05, 4.69) is 6.58 Å². The lowest BCUT2D eigenvalue weighted by atomic mass is 9.94. The SMILES string of the molecule is C=CCOC1(C(=O)OC)CCCN(C(=O)OC(C)(C)C)CC1. The Hall–Kier alpha value is -1.56. The molecule has 1 amide bonds. The van der Waals surface area contributed by atoms with E-state index >= 15 is 0 Å². The van der Waals surface area contributed by atoms with Crippen LogP contribution in [0.5, 0.6) is 0 Å². The number of hydrogen-bond donors (Lipinski definition) is 0. The third kappa shape index (κ3) is 5.02. The number of carbonyl (C=O) groups excluding carboxylic acids is 2. The Morgan fingerprint density at radius 2 is 1.95 bits per heavy atom. The summed E-state index contributed by atoms with van der Waals surface area (Å²) in [6.45, 7) is 10.3. The molecule has 1 aliphatic rings. The maximum absolute atomic E-state index is 12.2. The predicted octanol–water partition coefficient (Wildman–Crippen LogP) is 2.52. The van der Waals surface area contributed by atoms with Gasteiger partial charge < -0.3 is 19.1 Å². The fourth-order valence-corrected chi connectivity index (χ4v) is 2.43. The normalized spacial score (nSPS) is 22.6. The van der Waals surface area contributed by atoms with Crippen LogP contribution in [0.25, 0.3) is 0 Å². The second-order valence-corrected chi connectivity index (χ2v) is 6.41. The Balaban J connectivity index is 2.78. The highest BCUT2D eigenvalue weighted by Crippen LogP contribution is 2.28. The van der Waals surface area contributed by atoms with E-state index in [0.717, 1.165) is 0 Å². The minimum absolute atomic E-state index is 0.265. The van der Waals surface area contributed by atoms with E-state index in [4.69, 9.17) is 14.2 Å². The van der Waals surface area contributed by atoms with Crippen molar-refractivity contribution in [3.63, 3.8) is 0 Å². The molecule has 1 fully saturated rings. The van der Waals surface area contributed by atoms with Crippen molar-refractivity contribution < 1.29 is 23.8 Å². The first-order valence-electron chi connectivity index (χ1n) is 7.55. The van der Waals surface area contributed by atoms with Crippen LogP contribution in [0, 0.1) is 0 Å². The molecule has 1 atom stereocenters. The van der Waals surface area contributed by atoms with Crippen molar-refractivity contribution in [1.82, 2.24) is 4.90 Å². The first-order valence-corrected chi connectivity index (χ1v) is 7.55. The summed E-state index contributed by atoms with van der Waals surface area (Å²) in [4.78, 5) is 25.9. The van der Waals surface area contributed by atoms with Crippen molar-refractivity contribution >= 4 is 12.1 Å². The molecule has 126 valence electrons. The zero-order valence-corrected chi connectivity index (χ0v) is 14.0. The van der Waals surface area contributed by atoms with Crippen LogP contribution in [-0.2, 0) is 19.0 Å². The Morgan fingerprint density at radius 1 is 1.27 bits per heavy atom. The van der Waals surface area contributed by atoms with Crippen molar-refractivity contribution in [2.75, 3.05) is 26.8 Å². The van der Waals surface area contributed by atoms with E-state index in [1.807, 2.05) is 20.8 Å². The molecule has 0 bridgehead atoms. The molecule has 1 aliphatic heterocycles. The zero-order valence-electron chi connectivity index (χ0n) is 14.0. The number of esters is 1. The summed E-state index contributed by atoms with van der Waals surface area (Å²) in [7, 11) is 1.35. The zero-order chi connectivity index (χ0) is 16.8. The predicted molar refractivity (Wildman–Crippen MR) is 82.6 cm³/mol. The van der Waals surface area contributed by atoms with Gasteiger partial charge in [-0.3, -0.25) is 0 Å². The summed E-state index contributed by atoms with van der Waals surface area (Å²) >= 11 is 0. The molecule has 1 unspecified atom stereocenters. The molecule has 0 radical (unpaired) electrons. The molecule has 0 saturated carbocycles. The summed E-state index contributed by atoms with van der Waals surface area (Å²) in [5.41, 5.74) is -1.55. The van der Waals surface area contributed by atoms with Gasteiger partial charge in [0, 0.05) is 19.5 Å². The number of rotatable bonds is 4. The van der Waals surface area contributed by atoms with Crippen LogP contribution in [-0.4, -0.2) is 55.0 Å². The molecule has 1 saturated heterocycles. The van der Waals surface area contributed by atoms with E-state index < -0.39 is 17.2 Å². The molecule has 0 N–H and O–H groups in total. The minimum atomic E-state index is -1.01. The maximum atomic E-state index is 12.2. The fraction of sp³-hybridized carbons (Fsp3) is 0.750. The van der Waals surface area contributed by atoms with Gasteiger partial charge in [0.1, 0.15) is 5.60 Å². The summed E-state index contributed by atoms with van der Waals surface area (Å²) in [5.74, 6) is -0.402. The van der Waals surface area contributed by atoms with Gasteiger partial charge in [0.2, 0.25) is 0 Å². The van der Waals surface area contributed by atoms with E-state index in [1.54, 1.807) is 11.0 Å². The van der Waals surface area contributed by atoms with Gasteiger partial charge in [-0.2, -0.15) is 0 Å². The number of nitrogens with zero attached hydrogens (tertiary/aromatic N) is 1. The number of likely N-dealkylation sites (tertiary alicyclic amines) is 1. The second-order valence-electron chi connectivity index (χ2n) is 6.41. The molecular formula is C16H27NO5. The number of hydrogen-bond acceptors (Lipinski definition) is 5. The monoisotopic (exact) mass is 313 g/mol. The van der Waals surface area contributed by atoms with Gasteiger partial charge >= 0.3 is 12.1 Å². The average Bonchev–Trinajstić information content (AvgIpc) is 2.66. The highest BCUT2D eigenvalue weighted by Gasteiger charge is 2.42. The van der Waals surface area contributed by atoms with Gasteiger partial charge in [-0.15, -0.1) is 6.58 Å². The Morgan fingerprint density at radius 3 is 2.50 bits per heavy atom. The van der Waals surface area contributed by atoms with Crippen LogP contribution in [0.2, 0.25) is 0 Å². The van der Waals surface area contributed by atoms with E-state index in [1.165, 1.54) is 7.11 Å². The lowest BCUT2D eigenvalue weighted by Gasteiger charge is -2.30. The summed E-state index contributed by atoms with van der Waals surface area (Å²) in [5, 5.41) is 0. The smallest absolute Gasteiger partial charge is 0.410 e. The van der Waals surface area contributed by atoms with Crippen LogP contribution in [0.4, 0.5) is 4.79 Å². The third-order valence-electron chi connectivity index (χ3n) is 3.48. The van der Waals surface area contributed by atoms with Crippen molar-refractivity contribution in [3.05, 3.63) is 12.7 Å².